The summed E-state index contributed by atoms with van der Waals surface area (Å²) in [4.78, 5) is 0.447. The largest absolute Gasteiger partial charge is 0.243 e. The topological polar surface area (TPSA) is 37.4 Å². The van der Waals surface area contributed by atoms with Gasteiger partial charge in [-0.15, -0.1) is 0 Å². The molecule has 1 aromatic carbocycles. The smallest absolute Gasteiger partial charge is 0.207 e. The second-order valence-corrected chi connectivity index (χ2v) is 6.57. The molecule has 3 nitrogen and oxygen atoms in total. The summed E-state index contributed by atoms with van der Waals surface area (Å²) in [5.41, 5.74) is 0.821. The van der Waals surface area contributed by atoms with E-state index in [4.69, 9.17) is 0 Å². The highest BCUT2D eigenvalue weighted by molar-refractivity contribution is 7.89. The molecule has 1 aromatic rings. The van der Waals surface area contributed by atoms with E-state index in [-0.39, 0.29) is 0 Å². The zero-order chi connectivity index (χ0) is 12.5. The zero-order valence-electron chi connectivity index (χ0n) is 10.4. The Labute approximate surface area is 104 Å². The summed E-state index contributed by atoms with van der Waals surface area (Å²) in [6.07, 6.45) is 2.33. The van der Waals surface area contributed by atoms with E-state index in [1.807, 2.05) is 26.0 Å². The second kappa shape index (κ2) is 4.78. The van der Waals surface area contributed by atoms with Crippen molar-refractivity contribution in [1.29, 1.82) is 0 Å². The van der Waals surface area contributed by atoms with Crippen LogP contribution in [0.4, 0.5) is 0 Å². The molecular weight excluding hydrogens is 234 g/mol. The second-order valence-electron chi connectivity index (χ2n) is 4.66. The average Bonchev–Trinajstić information content (AvgIpc) is 3.09. The van der Waals surface area contributed by atoms with Gasteiger partial charge in [0.15, 0.2) is 0 Å². The first-order valence-electron chi connectivity index (χ1n) is 6.11. The van der Waals surface area contributed by atoms with Crippen LogP contribution in [0.2, 0.25) is 0 Å². The zero-order valence-corrected chi connectivity index (χ0v) is 11.2. The monoisotopic (exact) mass is 253 g/mol. The molecule has 1 fully saturated rings. The molecule has 0 aliphatic heterocycles. The highest BCUT2D eigenvalue weighted by Crippen LogP contribution is 2.31. The van der Waals surface area contributed by atoms with Crippen molar-refractivity contribution in [2.24, 2.45) is 5.92 Å². The molecule has 4 heteroatoms. The van der Waals surface area contributed by atoms with Gasteiger partial charge in [0.2, 0.25) is 10.0 Å². The highest BCUT2D eigenvalue weighted by atomic mass is 32.2. The van der Waals surface area contributed by atoms with Crippen LogP contribution in [-0.4, -0.2) is 25.8 Å². The number of sulfonamides is 1. The van der Waals surface area contributed by atoms with Crippen molar-refractivity contribution in [2.45, 2.75) is 31.6 Å². The van der Waals surface area contributed by atoms with Gasteiger partial charge in [0.25, 0.3) is 0 Å². The predicted octanol–water partition coefficient (Wildman–Crippen LogP) is 2.42. The van der Waals surface area contributed by atoms with E-state index in [0.717, 1.165) is 5.56 Å². The first-order chi connectivity index (χ1) is 8.05. The Morgan fingerprint density at radius 2 is 1.94 bits per heavy atom. The van der Waals surface area contributed by atoms with Crippen LogP contribution in [0.15, 0.2) is 29.2 Å². The van der Waals surface area contributed by atoms with Crippen LogP contribution in [0, 0.1) is 12.8 Å². The van der Waals surface area contributed by atoms with E-state index in [9.17, 15) is 8.42 Å². The van der Waals surface area contributed by atoms with Crippen molar-refractivity contribution in [2.75, 3.05) is 13.1 Å². The predicted molar refractivity (Wildman–Crippen MR) is 68.3 cm³/mol. The van der Waals surface area contributed by atoms with Crippen molar-refractivity contribution in [3.63, 3.8) is 0 Å². The van der Waals surface area contributed by atoms with E-state index < -0.39 is 10.0 Å². The number of hydrogen-bond acceptors (Lipinski definition) is 2. The maximum atomic E-state index is 12.5. The van der Waals surface area contributed by atoms with Gasteiger partial charge >= 0.3 is 0 Å². The molecule has 0 saturated heterocycles. The van der Waals surface area contributed by atoms with Gasteiger partial charge in [-0.25, -0.2) is 8.42 Å². The van der Waals surface area contributed by atoms with E-state index in [2.05, 4.69) is 0 Å². The summed E-state index contributed by atoms with van der Waals surface area (Å²) < 4.78 is 26.6. The average molecular weight is 253 g/mol. The SMILES string of the molecule is CCN(CC1CC1)S(=O)(=O)c1ccccc1C. The lowest BCUT2D eigenvalue weighted by Gasteiger charge is -2.21. The third-order valence-electron chi connectivity index (χ3n) is 3.22. The molecule has 0 bridgehead atoms. The Hall–Kier alpha value is -0.870. The van der Waals surface area contributed by atoms with Gasteiger partial charge in [0.1, 0.15) is 0 Å². The molecule has 0 radical (unpaired) electrons. The molecule has 0 unspecified atom stereocenters. The van der Waals surface area contributed by atoms with Crippen molar-refractivity contribution < 1.29 is 8.42 Å². The first kappa shape index (κ1) is 12.6. The van der Waals surface area contributed by atoms with Crippen molar-refractivity contribution in [3.8, 4) is 0 Å². The first-order valence-corrected chi connectivity index (χ1v) is 7.55. The van der Waals surface area contributed by atoms with Crippen LogP contribution in [-0.2, 0) is 10.0 Å². The standard InChI is InChI=1S/C13H19NO2S/c1-3-14(10-12-8-9-12)17(15,16)13-7-5-4-6-11(13)2/h4-7,12H,3,8-10H2,1-2H3. The minimum atomic E-state index is -3.30. The molecule has 1 aliphatic rings. The van der Waals surface area contributed by atoms with Gasteiger partial charge in [-0.05, 0) is 37.3 Å². The molecule has 0 aromatic heterocycles. The number of rotatable bonds is 5. The molecule has 0 atom stereocenters. The van der Waals surface area contributed by atoms with Crippen molar-refractivity contribution in [1.82, 2.24) is 4.31 Å². The van der Waals surface area contributed by atoms with Crippen LogP contribution in [0.1, 0.15) is 25.3 Å². The number of hydrogen-bond donors (Lipinski definition) is 0. The fourth-order valence-electron chi connectivity index (χ4n) is 1.97. The molecule has 2 rings (SSSR count). The fraction of sp³-hybridized carbons (Fsp3) is 0.538. The summed E-state index contributed by atoms with van der Waals surface area (Å²) >= 11 is 0. The van der Waals surface area contributed by atoms with Crippen molar-refractivity contribution >= 4 is 10.0 Å². The molecule has 1 aliphatic carbocycles. The Morgan fingerprint density at radius 3 is 2.47 bits per heavy atom. The van der Waals surface area contributed by atoms with Crippen LogP contribution >= 0.6 is 0 Å². The summed E-state index contributed by atoms with van der Waals surface area (Å²) in [5.74, 6) is 0.578. The molecule has 0 spiro atoms. The lowest BCUT2D eigenvalue weighted by atomic mass is 10.2. The third-order valence-corrected chi connectivity index (χ3v) is 5.32. The minimum absolute atomic E-state index is 0.447. The molecule has 17 heavy (non-hydrogen) atoms. The molecule has 0 N–H and O–H groups in total. The van der Waals surface area contributed by atoms with Gasteiger partial charge in [0, 0.05) is 13.1 Å². The van der Waals surface area contributed by atoms with Crippen LogP contribution in [0.3, 0.4) is 0 Å². The van der Waals surface area contributed by atoms with E-state index >= 15 is 0 Å². The quantitative estimate of drug-likeness (QED) is 0.808. The lowest BCUT2D eigenvalue weighted by Crippen LogP contribution is -2.33. The Bertz CT molecular complexity index is 492. The molecule has 0 heterocycles. The Kier molecular flexibility index (Phi) is 3.54. The molecule has 94 valence electrons. The van der Waals surface area contributed by atoms with E-state index in [0.29, 0.717) is 23.9 Å². The van der Waals surface area contributed by atoms with E-state index in [1.165, 1.54) is 12.8 Å². The Morgan fingerprint density at radius 1 is 1.29 bits per heavy atom. The molecular formula is C13H19NO2S. The lowest BCUT2D eigenvalue weighted by molar-refractivity contribution is 0.411. The van der Waals surface area contributed by atoms with Crippen LogP contribution in [0.5, 0.6) is 0 Å². The minimum Gasteiger partial charge on any atom is -0.207 e. The van der Waals surface area contributed by atoms with Gasteiger partial charge in [0.05, 0.1) is 4.90 Å². The summed E-state index contributed by atoms with van der Waals surface area (Å²) in [6, 6.07) is 7.19. The van der Waals surface area contributed by atoms with Gasteiger partial charge in [-0.3, -0.25) is 0 Å². The van der Waals surface area contributed by atoms with Gasteiger partial charge in [-0.1, -0.05) is 25.1 Å². The number of benzene rings is 1. The summed E-state index contributed by atoms with van der Waals surface area (Å²) in [6.45, 7) is 4.97. The van der Waals surface area contributed by atoms with Gasteiger partial charge in [-0.2, -0.15) is 4.31 Å². The Balaban J connectivity index is 2.30. The third kappa shape index (κ3) is 2.69. The number of aryl methyl sites for hydroxylation is 1. The highest BCUT2D eigenvalue weighted by Gasteiger charge is 2.31. The van der Waals surface area contributed by atoms with Crippen molar-refractivity contribution in [3.05, 3.63) is 29.8 Å². The molecule has 0 amide bonds. The van der Waals surface area contributed by atoms with Crippen LogP contribution < -0.4 is 0 Å². The summed E-state index contributed by atoms with van der Waals surface area (Å²) in [7, 11) is -3.30. The van der Waals surface area contributed by atoms with Crippen LogP contribution in [0.25, 0.3) is 0 Å². The maximum absolute atomic E-state index is 12.5. The number of nitrogens with zero attached hydrogens (tertiary/aromatic N) is 1. The fourth-order valence-corrected chi connectivity index (χ4v) is 3.72. The molecule has 1 saturated carbocycles. The summed E-state index contributed by atoms with van der Waals surface area (Å²) in [5, 5.41) is 0. The maximum Gasteiger partial charge on any atom is 0.243 e. The van der Waals surface area contributed by atoms with E-state index in [1.54, 1.807) is 16.4 Å². The normalized spacial score (nSPS) is 16.4. The van der Waals surface area contributed by atoms with Gasteiger partial charge < -0.3 is 0 Å².